The van der Waals surface area contributed by atoms with Crippen LogP contribution < -0.4 is 20.5 Å². The quantitative estimate of drug-likeness (QED) is 0.230. The zero-order valence-electron chi connectivity index (χ0n) is 23.2. The first kappa shape index (κ1) is 30.9. The number of Topliss-reactive ketones (excluding diaryl/α,β-unsaturated/α-hetero) is 1. The molecule has 2 aromatic carbocycles. The van der Waals surface area contributed by atoms with Crippen LogP contribution in [-0.4, -0.2) is 47.7 Å². The van der Waals surface area contributed by atoms with E-state index in [2.05, 4.69) is 10.3 Å². The third-order valence-electron chi connectivity index (χ3n) is 7.07. The molecule has 1 saturated heterocycles. The van der Waals surface area contributed by atoms with E-state index >= 15 is 0 Å². The number of nitrogens with two attached hydrogens (primary N) is 1. The van der Waals surface area contributed by atoms with Gasteiger partial charge in [-0.05, 0) is 80.4 Å². The average Bonchev–Trinajstić information content (AvgIpc) is 3.34. The largest absolute Gasteiger partial charge is 0.493 e. The number of nitrogens with zero attached hydrogens (tertiary/aromatic N) is 1. The van der Waals surface area contributed by atoms with Gasteiger partial charge < -0.3 is 25.6 Å². The summed E-state index contributed by atoms with van der Waals surface area (Å²) in [6, 6.07) is 11.6. The molecule has 1 aliphatic rings. The standard InChI is InChI=1S/C30H31F4N3O5/c1-28(2,35)19-15-21(17-4-7-20(31)8-5-17)37-26(16-19)29(40,30(32,33)34)12-10-22(38)18-6-9-23(25(14-18)41-3)42-24-11-13-36-27(24)39/h4-9,14-16,24,40H,10-13,35H2,1-3H3,(H,36,39)/t24-,29?/m0/s1. The number of carbonyl (C=O) groups is 2. The van der Waals surface area contributed by atoms with Crippen molar-refractivity contribution in [2.75, 3.05) is 13.7 Å². The SMILES string of the molecule is COc1cc(C(=O)CCC(O)(c2cc(C(C)(C)N)cc(-c3ccc(F)cc3)n2)C(F)(F)F)ccc1O[C@H]1CCNC1=O. The van der Waals surface area contributed by atoms with Crippen molar-refractivity contribution in [3.05, 3.63) is 77.2 Å². The van der Waals surface area contributed by atoms with Gasteiger partial charge in [-0.25, -0.2) is 9.37 Å². The van der Waals surface area contributed by atoms with Gasteiger partial charge in [0, 0.05) is 36.1 Å². The Morgan fingerprint density at radius 1 is 1.10 bits per heavy atom. The number of carbonyl (C=O) groups excluding carboxylic acids is 2. The molecule has 4 rings (SSSR count). The van der Waals surface area contributed by atoms with Crippen LogP contribution in [0.3, 0.4) is 0 Å². The Bertz CT molecular complexity index is 1470. The number of methoxy groups -OCH3 is 1. The zero-order valence-corrected chi connectivity index (χ0v) is 23.2. The average molecular weight is 590 g/mol. The van der Waals surface area contributed by atoms with Crippen molar-refractivity contribution >= 4 is 11.7 Å². The smallest absolute Gasteiger partial charge is 0.422 e. The molecule has 8 nitrogen and oxygen atoms in total. The number of ether oxygens (including phenoxy) is 2. The van der Waals surface area contributed by atoms with Crippen molar-refractivity contribution in [2.45, 2.75) is 56.5 Å². The second-order valence-corrected chi connectivity index (χ2v) is 10.7. The van der Waals surface area contributed by atoms with Gasteiger partial charge >= 0.3 is 6.18 Å². The van der Waals surface area contributed by atoms with Crippen molar-refractivity contribution in [1.82, 2.24) is 10.3 Å². The summed E-state index contributed by atoms with van der Waals surface area (Å²) in [5.41, 5.74) is 1.46. The number of benzene rings is 2. The van der Waals surface area contributed by atoms with Crippen molar-refractivity contribution in [3.63, 3.8) is 0 Å². The molecule has 0 radical (unpaired) electrons. The van der Waals surface area contributed by atoms with Crippen LogP contribution in [0.5, 0.6) is 11.5 Å². The van der Waals surface area contributed by atoms with E-state index in [4.69, 9.17) is 15.2 Å². The molecule has 3 aromatic rings. The molecule has 2 heterocycles. The van der Waals surface area contributed by atoms with Gasteiger partial charge in [0.05, 0.1) is 18.5 Å². The normalized spacial score (nSPS) is 17.0. The molecule has 0 aliphatic carbocycles. The summed E-state index contributed by atoms with van der Waals surface area (Å²) < 4.78 is 68.0. The highest BCUT2D eigenvalue weighted by atomic mass is 19.4. The lowest BCUT2D eigenvalue weighted by molar-refractivity contribution is -0.270. The molecule has 12 heteroatoms. The van der Waals surface area contributed by atoms with Crippen molar-refractivity contribution in [3.8, 4) is 22.8 Å². The predicted octanol–water partition coefficient (Wildman–Crippen LogP) is 4.77. The Morgan fingerprint density at radius 3 is 2.36 bits per heavy atom. The highest BCUT2D eigenvalue weighted by molar-refractivity contribution is 5.96. The van der Waals surface area contributed by atoms with Crippen LogP contribution in [0.25, 0.3) is 11.3 Å². The molecular formula is C30H31F4N3O5. The van der Waals surface area contributed by atoms with Crippen LogP contribution in [-0.2, 0) is 15.9 Å². The fourth-order valence-corrected chi connectivity index (χ4v) is 4.51. The third-order valence-corrected chi connectivity index (χ3v) is 7.07. The van der Waals surface area contributed by atoms with E-state index in [1.165, 1.54) is 43.5 Å². The Labute approximate surface area is 239 Å². The Morgan fingerprint density at radius 2 is 1.79 bits per heavy atom. The van der Waals surface area contributed by atoms with Crippen LogP contribution in [0, 0.1) is 5.82 Å². The lowest BCUT2D eigenvalue weighted by Gasteiger charge is -2.32. The van der Waals surface area contributed by atoms with Crippen LogP contribution >= 0.6 is 0 Å². The maximum Gasteiger partial charge on any atom is 0.422 e. The monoisotopic (exact) mass is 589 g/mol. The number of aromatic nitrogens is 1. The van der Waals surface area contributed by atoms with E-state index in [-0.39, 0.29) is 34.2 Å². The first-order chi connectivity index (χ1) is 19.6. The first-order valence-corrected chi connectivity index (χ1v) is 13.1. The van der Waals surface area contributed by atoms with E-state index in [0.29, 0.717) is 18.5 Å². The number of aliphatic hydroxyl groups is 1. The number of hydrogen-bond donors (Lipinski definition) is 3. The Kier molecular flexibility index (Phi) is 8.60. The molecule has 4 N–H and O–H groups in total. The molecule has 1 aliphatic heterocycles. The number of halogens is 4. The summed E-state index contributed by atoms with van der Waals surface area (Å²) in [7, 11) is 1.32. The summed E-state index contributed by atoms with van der Waals surface area (Å²) in [4.78, 5) is 29.0. The maximum absolute atomic E-state index is 14.5. The molecule has 1 aromatic heterocycles. The van der Waals surface area contributed by atoms with Crippen molar-refractivity contribution in [1.29, 1.82) is 0 Å². The molecule has 224 valence electrons. The third kappa shape index (κ3) is 6.55. The van der Waals surface area contributed by atoms with E-state index in [0.717, 1.165) is 18.2 Å². The van der Waals surface area contributed by atoms with Gasteiger partial charge in [0.25, 0.3) is 5.91 Å². The number of rotatable bonds is 10. The summed E-state index contributed by atoms with van der Waals surface area (Å²) in [5, 5.41) is 13.8. The minimum Gasteiger partial charge on any atom is -0.493 e. The van der Waals surface area contributed by atoms with Crippen molar-refractivity contribution < 1.29 is 41.7 Å². The van der Waals surface area contributed by atoms with Crippen LogP contribution in [0.1, 0.15) is 54.7 Å². The van der Waals surface area contributed by atoms with Crippen LogP contribution in [0.2, 0.25) is 0 Å². The number of ketones is 1. The van der Waals surface area contributed by atoms with Crippen LogP contribution in [0.4, 0.5) is 17.6 Å². The number of pyridine rings is 1. The van der Waals surface area contributed by atoms with E-state index in [1.54, 1.807) is 13.8 Å². The summed E-state index contributed by atoms with van der Waals surface area (Å²) in [6.07, 6.45) is -7.24. The van der Waals surface area contributed by atoms with Gasteiger partial charge in [-0.15, -0.1) is 0 Å². The molecule has 1 amide bonds. The molecule has 1 unspecified atom stereocenters. The van der Waals surface area contributed by atoms with Crippen molar-refractivity contribution in [2.24, 2.45) is 5.73 Å². The fourth-order valence-electron chi connectivity index (χ4n) is 4.51. The van der Waals surface area contributed by atoms with E-state index < -0.39 is 53.6 Å². The molecule has 0 bridgehead atoms. The number of nitrogens with one attached hydrogen (secondary N) is 1. The number of alkyl halides is 3. The molecule has 2 atom stereocenters. The Hall–Kier alpha value is -4.03. The summed E-state index contributed by atoms with van der Waals surface area (Å²) >= 11 is 0. The maximum atomic E-state index is 14.5. The van der Waals surface area contributed by atoms with E-state index in [1.807, 2.05) is 0 Å². The highest BCUT2D eigenvalue weighted by Crippen LogP contribution is 2.43. The molecule has 0 saturated carbocycles. The number of amides is 1. The fraction of sp³-hybridized carbons (Fsp3) is 0.367. The van der Waals surface area contributed by atoms with Gasteiger partial charge in [0.2, 0.25) is 5.60 Å². The first-order valence-electron chi connectivity index (χ1n) is 13.1. The van der Waals surface area contributed by atoms with E-state index in [9.17, 15) is 32.3 Å². The van der Waals surface area contributed by atoms with Gasteiger partial charge in [0.1, 0.15) is 5.82 Å². The molecule has 42 heavy (non-hydrogen) atoms. The molecule has 0 spiro atoms. The van der Waals surface area contributed by atoms with Gasteiger partial charge in [-0.3, -0.25) is 9.59 Å². The summed E-state index contributed by atoms with van der Waals surface area (Å²) in [5.74, 6) is -1.21. The topological polar surface area (TPSA) is 124 Å². The lowest BCUT2D eigenvalue weighted by Crippen LogP contribution is -2.44. The summed E-state index contributed by atoms with van der Waals surface area (Å²) in [6.45, 7) is 3.61. The Balaban J connectivity index is 1.64. The molecular weight excluding hydrogens is 558 g/mol. The van der Waals surface area contributed by atoms with Crippen LogP contribution in [0.15, 0.2) is 54.6 Å². The lowest BCUT2D eigenvalue weighted by atomic mass is 9.86. The second kappa shape index (κ2) is 11.7. The molecule has 1 fully saturated rings. The predicted molar refractivity (Wildman–Crippen MR) is 145 cm³/mol. The highest BCUT2D eigenvalue weighted by Gasteiger charge is 2.56. The van der Waals surface area contributed by atoms with Gasteiger partial charge in [-0.1, -0.05) is 0 Å². The minimum atomic E-state index is -5.21. The number of hydrogen-bond acceptors (Lipinski definition) is 7. The minimum absolute atomic E-state index is 0.0244. The second-order valence-electron chi connectivity index (χ2n) is 10.7. The van der Waals surface area contributed by atoms with Gasteiger partial charge in [0.15, 0.2) is 23.4 Å². The zero-order chi connectivity index (χ0) is 30.9. The van der Waals surface area contributed by atoms with Gasteiger partial charge in [-0.2, -0.15) is 13.2 Å².